The van der Waals surface area contributed by atoms with Gasteiger partial charge in [-0.15, -0.1) is 23.1 Å². The predicted molar refractivity (Wildman–Crippen MR) is 197 cm³/mol. The van der Waals surface area contributed by atoms with Gasteiger partial charge in [0.05, 0.1) is 39.9 Å². The lowest BCUT2D eigenvalue weighted by Gasteiger charge is -2.13. The fourth-order valence-corrected chi connectivity index (χ4v) is 6.07. The summed E-state index contributed by atoms with van der Waals surface area (Å²) in [6, 6.07) is 26.3. The second kappa shape index (κ2) is 17.0. The topological polar surface area (TPSA) is 137 Å². The number of hydrogen-bond acceptors (Lipinski definition) is 10. The van der Waals surface area contributed by atoms with Gasteiger partial charge in [-0.25, -0.2) is 4.98 Å². The first-order valence-corrected chi connectivity index (χ1v) is 17.0. The lowest BCUT2D eigenvalue weighted by atomic mass is 10.1. The number of methoxy groups -OCH3 is 4. The molecule has 0 radical (unpaired) electrons. The highest BCUT2D eigenvalue weighted by molar-refractivity contribution is 8.00. The standard InChI is InChI=1S/C37H34N4O7S2/c1-45-27-14-10-25(32(20-27)47-3)18-29(39-35(43)23-8-6-5-7-9-23)36(44)38-26-12-15-28(16-13-26)49-22-34(42)41-37-40-30(21-50-37)24-11-17-31(46-2)33(19-24)48-4/h5-21H,22H2,1-4H3,(H,38,44)(H,39,43)(H,40,41,42)/b29-18-. The minimum Gasteiger partial charge on any atom is -0.497 e. The molecule has 5 aromatic rings. The molecule has 0 bridgehead atoms. The third kappa shape index (κ3) is 9.21. The average molecular weight is 711 g/mol. The molecule has 0 aliphatic carbocycles. The third-order valence-electron chi connectivity index (χ3n) is 7.18. The number of aromatic nitrogens is 1. The molecule has 0 saturated heterocycles. The number of rotatable bonds is 14. The van der Waals surface area contributed by atoms with Crippen molar-refractivity contribution in [3.63, 3.8) is 0 Å². The Hall–Kier alpha value is -5.79. The van der Waals surface area contributed by atoms with Gasteiger partial charge in [0.2, 0.25) is 5.91 Å². The maximum Gasteiger partial charge on any atom is 0.272 e. The molecule has 3 amide bonds. The van der Waals surface area contributed by atoms with Crippen LogP contribution >= 0.6 is 23.1 Å². The van der Waals surface area contributed by atoms with E-state index >= 15 is 0 Å². The van der Waals surface area contributed by atoms with E-state index in [1.54, 1.807) is 100 Å². The van der Waals surface area contributed by atoms with Gasteiger partial charge < -0.3 is 34.9 Å². The van der Waals surface area contributed by atoms with Gasteiger partial charge in [-0.05, 0) is 72.8 Å². The molecule has 1 heterocycles. The minimum absolute atomic E-state index is 0.00825. The van der Waals surface area contributed by atoms with Crippen LogP contribution in [0.5, 0.6) is 23.0 Å². The van der Waals surface area contributed by atoms with E-state index < -0.39 is 11.8 Å². The van der Waals surface area contributed by atoms with Crippen LogP contribution in [0.2, 0.25) is 0 Å². The summed E-state index contributed by atoms with van der Waals surface area (Å²) >= 11 is 2.66. The van der Waals surface area contributed by atoms with Crippen LogP contribution in [0.25, 0.3) is 17.3 Å². The number of nitrogens with one attached hydrogen (secondary N) is 3. The predicted octanol–water partition coefficient (Wildman–Crippen LogP) is 6.98. The van der Waals surface area contributed by atoms with E-state index in [1.165, 1.54) is 36.3 Å². The molecule has 0 unspecified atom stereocenters. The number of thiazole rings is 1. The first-order chi connectivity index (χ1) is 24.3. The molecular formula is C37H34N4O7S2. The number of ether oxygens (including phenoxy) is 4. The summed E-state index contributed by atoms with van der Waals surface area (Å²) in [7, 11) is 6.20. The number of hydrogen-bond donors (Lipinski definition) is 3. The molecule has 4 aromatic carbocycles. The summed E-state index contributed by atoms with van der Waals surface area (Å²) < 4.78 is 21.4. The van der Waals surface area contributed by atoms with E-state index in [0.717, 1.165) is 10.5 Å². The Morgan fingerprint density at radius 3 is 2.22 bits per heavy atom. The van der Waals surface area contributed by atoms with Crippen LogP contribution in [-0.2, 0) is 9.59 Å². The van der Waals surface area contributed by atoms with Crippen LogP contribution in [-0.4, -0.2) is 56.9 Å². The van der Waals surface area contributed by atoms with Crippen molar-refractivity contribution in [3.05, 3.63) is 113 Å². The number of carbonyl (C=O) groups is 3. The molecular weight excluding hydrogens is 677 g/mol. The molecule has 0 aliphatic heterocycles. The largest absolute Gasteiger partial charge is 0.497 e. The molecule has 50 heavy (non-hydrogen) atoms. The zero-order chi connectivity index (χ0) is 35.5. The second-order valence-electron chi connectivity index (χ2n) is 10.4. The lowest BCUT2D eigenvalue weighted by Crippen LogP contribution is -2.30. The Morgan fingerprint density at radius 1 is 0.780 bits per heavy atom. The number of carbonyl (C=O) groups excluding carboxylic acids is 3. The molecule has 256 valence electrons. The van der Waals surface area contributed by atoms with Crippen molar-refractivity contribution in [2.45, 2.75) is 4.90 Å². The fourth-order valence-electron chi connectivity index (χ4n) is 4.63. The molecule has 3 N–H and O–H groups in total. The van der Waals surface area contributed by atoms with E-state index in [1.807, 2.05) is 17.5 Å². The van der Waals surface area contributed by atoms with Crippen molar-refractivity contribution in [1.29, 1.82) is 0 Å². The lowest BCUT2D eigenvalue weighted by molar-refractivity contribution is -0.114. The summed E-state index contributed by atoms with van der Waals surface area (Å²) in [6.07, 6.45) is 1.54. The third-order valence-corrected chi connectivity index (χ3v) is 8.95. The van der Waals surface area contributed by atoms with Crippen molar-refractivity contribution in [1.82, 2.24) is 10.3 Å². The molecule has 11 nitrogen and oxygen atoms in total. The van der Waals surface area contributed by atoms with E-state index in [9.17, 15) is 14.4 Å². The molecule has 0 fully saturated rings. The zero-order valence-electron chi connectivity index (χ0n) is 27.6. The van der Waals surface area contributed by atoms with Gasteiger partial charge in [0.15, 0.2) is 16.6 Å². The highest BCUT2D eigenvalue weighted by Gasteiger charge is 2.17. The number of benzene rings is 4. The van der Waals surface area contributed by atoms with E-state index in [2.05, 4.69) is 20.9 Å². The van der Waals surface area contributed by atoms with Gasteiger partial charge in [0.25, 0.3) is 11.8 Å². The first-order valence-electron chi connectivity index (χ1n) is 15.1. The van der Waals surface area contributed by atoms with Gasteiger partial charge in [-0.2, -0.15) is 0 Å². The molecule has 0 aliphatic rings. The molecule has 5 rings (SSSR count). The minimum atomic E-state index is -0.539. The highest BCUT2D eigenvalue weighted by atomic mass is 32.2. The molecule has 0 saturated carbocycles. The Balaban J connectivity index is 1.21. The normalized spacial score (nSPS) is 10.9. The number of anilines is 2. The van der Waals surface area contributed by atoms with Gasteiger partial charge in [0, 0.05) is 38.7 Å². The summed E-state index contributed by atoms with van der Waals surface area (Å²) in [5.74, 6) is 1.21. The number of thioether (sulfide) groups is 1. The van der Waals surface area contributed by atoms with Crippen molar-refractivity contribution in [3.8, 4) is 34.3 Å². The van der Waals surface area contributed by atoms with Crippen LogP contribution in [0, 0.1) is 0 Å². The van der Waals surface area contributed by atoms with E-state index in [-0.39, 0.29) is 17.4 Å². The maximum absolute atomic E-state index is 13.5. The summed E-state index contributed by atoms with van der Waals surface area (Å²) in [6.45, 7) is 0. The van der Waals surface area contributed by atoms with Crippen molar-refractivity contribution >= 4 is 57.7 Å². The van der Waals surface area contributed by atoms with Gasteiger partial charge in [-0.1, -0.05) is 18.2 Å². The van der Waals surface area contributed by atoms with Crippen LogP contribution in [0.4, 0.5) is 10.8 Å². The van der Waals surface area contributed by atoms with Crippen molar-refractivity contribution in [2.75, 3.05) is 44.8 Å². The van der Waals surface area contributed by atoms with Crippen LogP contribution in [0.3, 0.4) is 0 Å². The molecule has 13 heteroatoms. The van der Waals surface area contributed by atoms with Crippen LogP contribution in [0.15, 0.2) is 107 Å². The van der Waals surface area contributed by atoms with Crippen LogP contribution in [0.1, 0.15) is 15.9 Å². The molecule has 1 aromatic heterocycles. The van der Waals surface area contributed by atoms with E-state index in [4.69, 9.17) is 18.9 Å². The number of nitrogens with zero attached hydrogens (tertiary/aromatic N) is 1. The Morgan fingerprint density at radius 2 is 1.52 bits per heavy atom. The van der Waals surface area contributed by atoms with Gasteiger partial charge in [0.1, 0.15) is 17.2 Å². The van der Waals surface area contributed by atoms with Gasteiger partial charge in [-0.3, -0.25) is 14.4 Å². The highest BCUT2D eigenvalue weighted by Crippen LogP contribution is 2.34. The van der Waals surface area contributed by atoms with Crippen molar-refractivity contribution < 1.29 is 33.3 Å². The fraction of sp³-hybridized carbons (Fsp3) is 0.135. The zero-order valence-corrected chi connectivity index (χ0v) is 29.3. The van der Waals surface area contributed by atoms with Gasteiger partial charge >= 0.3 is 0 Å². The SMILES string of the molecule is COc1ccc(/C=C(\NC(=O)c2ccccc2)C(=O)Nc2ccc(SCC(=O)Nc3nc(-c4ccc(OC)c(OC)c4)cs3)cc2)c(OC)c1. The number of amides is 3. The smallest absolute Gasteiger partial charge is 0.272 e. The van der Waals surface area contributed by atoms with Crippen LogP contribution < -0.4 is 34.9 Å². The first kappa shape index (κ1) is 35.5. The summed E-state index contributed by atoms with van der Waals surface area (Å²) in [5.41, 5.74) is 3.00. The monoisotopic (exact) mass is 710 g/mol. The molecule has 0 spiro atoms. The average Bonchev–Trinajstić information content (AvgIpc) is 3.62. The Labute approximate surface area is 297 Å². The Bertz CT molecular complexity index is 2000. The Kier molecular flexibility index (Phi) is 12.1. The van der Waals surface area contributed by atoms with E-state index in [0.29, 0.717) is 50.6 Å². The second-order valence-corrected chi connectivity index (χ2v) is 12.3. The maximum atomic E-state index is 13.5. The van der Waals surface area contributed by atoms with Crippen molar-refractivity contribution in [2.24, 2.45) is 0 Å². The summed E-state index contributed by atoms with van der Waals surface area (Å²) in [5, 5.41) is 10.7. The summed E-state index contributed by atoms with van der Waals surface area (Å²) in [4.78, 5) is 44.6. The quantitative estimate of drug-likeness (QED) is 0.0823. The molecule has 0 atom stereocenters.